The van der Waals surface area contributed by atoms with Gasteiger partial charge in [0, 0.05) is 18.6 Å². The fraction of sp³-hybridized carbons (Fsp3) is 0.429. The van der Waals surface area contributed by atoms with E-state index >= 15 is 0 Å². The van der Waals surface area contributed by atoms with Gasteiger partial charge >= 0.3 is 17.9 Å². The summed E-state index contributed by atoms with van der Waals surface area (Å²) < 4.78 is 52.3. The molecule has 0 atom stereocenters. The van der Waals surface area contributed by atoms with Gasteiger partial charge < -0.3 is 42.6 Å². The number of aliphatic imine (C=N–C) groups is 3. The van der Waals surface area contributed by atoms with Crippen molar-refractivity contribution in [3.63, 3.8) is 0 Å². The zero-order chi connectivity index (χ0) is 69.4. The molecule has 0 amide bonds. The highest BCUT2D eigenvalue weighted by atomic mass is 16.5. The maximum Gasteiger partial charge on any atom is 0.338 e. The van der Waals surface area contributed by atoms with Crippen LogP contribution in [0.5, 0.6) is 34.5 Å². The van der Waals surface area contributed by atoms with Crippen molar-refractivity contribution in [3.8, 4) is 34.5 Å². The van der Waals surface area contributed by atoms with Crippen LogP contribution in [0.25, 0.3) is 0 Å². The maximum atomic E-state index is 13.5. The Morgan fingerprint density at radius 2 is 0.444 bits per heavy atom. The molecule has 0 aliphatic rings. The standard InChI is InChI=1S/C84H105N3O12/c1-4-7-52-91-76-40-28-67(29-41-76)64-85-73-34-46-79(47-35-73)94-55-22-16-10-13-19-25-58-97-82(88)70-61-71(83(89)98-59-26-20-14-11-17-23-56-95-80-48-36-74(37-49-80)86-65-68-30-42-77(43-31-68)92-53-8-5-2)63-72(62-70)84(90)99-60-27-21-15-12-18-24-57-96-81-50-38-75(39-51-81)87-66-69-32-44-78(45-33-69)93-54-9-6-3/h28-51,61-66H,4-27,52-60H2,1-3H3. The molecule has 0 bridgehead atoms. The molecule has 0 fully saturated rings. The number of rotatable bonds is 51. The van der Waals surface area contributed by atoms with E-state index in [1.807, 2.05) is 164 Å². The number of hydrogen-bond acceptors (Lipinski definition) is 15. The number of carbonyl (C=O) groups excluding carboxylic acids is 3. The number of hydrogen-bond donors (Lipinski definition) is 0. The van der Waals surface area contributed by atoms with Gasteiger partial charge in [-0.3, -0.25) is 15.0 Å². The van der Waals surface area contributed by atoms with Crippen molar-refractivity contribution in [2.24, 2.45) is 15.0 Å². The normalized spacial score (nSPS) is 11.3. The van der Waals surface area contributed by atoms with Gasteiger partial charge in [0.15, 0.2) is 0 Å². The van der Waals surface area contributed by atoms with Crippen molar-refractivity contribution in [2.75, 3.05) is 59.5 Å². The molecule has 15 nitrogen and oxygen atoms in total. The Hall–Kier alpha value is -9.24. The van der Waals surface area contributed by atoms with Crippen LogP contribution in [0.2, 0.25) is 0 Å². The zero-order valence-electron chi connectivity index (χ0n) is 58.9. The van der Waals surface area contributed by atoms with Crippen molar-refractivity contribution in [1.29, 1.82) is 0 Å². The monoisotopic (exact) mass is 1350 g/mol. The molecule has 0 spiro atoms. The average molecular weight is 1350 g/mol. The molecule has 7 aromatic carbocycles. The largest absolute Gasteiger partial charge is 0.494 e. The smallest absolute Gasteiger partial charge is 0.338 e. The van der Waals surface area contributed by atoms with E-state index in [0.29, 0.717) is 39.1 Å². The third kappa shape index (κ3) is 32.3. The van der Waals surface area contributed by atoms with Crippen molar-refractivity contribution in [3.05, 3.63) is 197 Å². The molecule has 7 aromatic rings. The molecule has 0 unspecified atom stereocenters. The van der Waals surface area contributed by atoms with Gasteiger partial charge in [0.05, 0.1) is 93.2 Å². The second-order valence-electron chi connectivity index (χ2n) is 24.7. The van der Waals surface area contributed by atoms with Gasteiger partial charge in [-0.1, -0.05) is 117 Å². The van der Waals surface area contributed by atoms with Crippen LogP contribution in [-0.4, -0.2) is 96.0 Å². The highest BCUT2D eigenvalue weighted by Gasteiger charge is 2.20. The summed E-state index contributed by atoms with van der Waals surface area (Å²) >= 11 is 0. The number of unbranched alkanes of at least 4 members (excludes halogenated alkanes) is 18. The van der Waals surface area contributed by atoms with Crippen molar-refractivity contribution < 1.29 is 57.0 Å². The summed E-state index contributed by atoms with van der Waals surface area (Å²) in [6, 6.07) is 51.6. The lowest BCUT2D eigenvalue weighted by Crippen LogP contribution is -2.14. The fourth-order valence-electron chi connectivity index (χ4n) is 10.3. The van der Waals surface area contributed by atoms with Gasteiger partial charge in [0.2, 0.25) is 0 Å². The first kappa shape index (κ1) is 77.1. The first-order valence-corrected chi connectivity index (χ1v) is 36.4. The van der Waals surface area contributed by atoms with E-state index in [4.69, 9.17) is 42.6 Å². The van der Waals surface area contributed by atoms with Gasteiger partial charge in [0.25, 0.3) is 0 Å². The molecule has 0 radical (unpaired) electrons. The summed E-state index contributed by atoms with van der Waals surface area (Å²) in [6.07, 6.45) is 28.6. The Morgan fingerprint density at radius 3 is 0.667 bits per heavy atom. The van der Waals surface area contributed by atoms with Gasteiger partial charge in [-0.15, -0.1) is 0 Å². The van der Waals surface area contributed by atoms with Gasteiger partial charge in [-0.25, -0.2) is 14.4 Å². The van der Waals surface area contributed by atoms with Crippen LogP contribution in [0.3, 0.4) is 0 Å². The minimum Gasteiger partial charge on any atom is -0.494 e. The summed E-state index contributed by atoms with van der Waals surface area (Å²) in [6.45, 7) is 11.1. The number of benzene rings is 7. The lowest BCUT2D eigenvalue weighted by molar-refractivity contribution is 0.0494. The first-order chi connectivity index (χ1) is 48.7. The van der Waals surface area contributed by atoms with Crippen LogP contribution in [0.1, 0.15) is 223 Å². The summed E-state index contributed by atoms with van der Waals surface area (Å²) in [7, 11) is 0. The molecule has 0 saturated heterocycles. The minimum absolute atomic E-state index is 0.0989. The molecule has 0 aromatic heterocycles. The van der Waals surface area contributed by atoms with Crippen LogP contribution in [0, 0.1) is 0 Å². The van der Waals surface area contributed by atoms with Gasteiger partial charge in [-0.05, 0) is 238 Å². The SMILES string of the molecule is CCCCOc1ccc(C=Nc2ccc(OCCCCCCCCOC(=O)c3cc(C(=O)OCCCCCCCCOc4ccc(N=Cc5ccc(OCCCC)cc5)cc4)cc(C(=O)OCCCCCCCCOc4ccc(N=Cc5ccc(OCCCC)cc5)cc4)c3)cc2)cc1. The molecular weight excluding hydrogens is 1240 g/mol. The summed E-state index contributed by atoms with van der Waals surface area (Å²) in [4.78, 5) is 54.3. The number of ether oxygens (including phenoxy) is 9. The summed E-state index contributed by atoms with van der Waals surface area (Å²) in [5.41, 5.74) is 5.86. The fourth-order valence-corrected chi connectivity index (χ4v) is 10.3. The Labute approximate surface area is 588 Å². The zero-order valence-corrected chi connectivity index (χ0v) is 58.9. The van der Waals surface area contributed by atoms with E-state index in [1.54, 1.807) is 0 Å². The van der Waals surface area contributed by atoms with E-state index in [9.17, 15) is 14.4 Å². The minimum atomic E-state index is -0.611. The topological polar surface area (TPSA) is 171 Å². The Balaban J connectivity index is 0.767. The molecule has 15 heteroatoms. The molecule has 528 valence electrons. The number of nitrogens with zero attached hydrogens (tertiary/aromatic N) is 3. The molecule has 0 aliphatic carbocycles. The Morgan fingerprint density at radius 1 is 0.253 bits per heavy atom. The molecular formula is C84H105N3O12. The average Bonchev–Trinajstić information content (AvgIpc) is 0.867. The predicted octanol–water partition coefficient (Wildman–Crippen LogP) is 21.2. The van der Waals surface area contributed by atoms with E-state index in [-0.39, 0.29) is 36.5 Å². The molecule has 99 heavy (non-hydrogen) atoms. The summed E-state index contributed by atoms with van der Waals surface area (Å²) in [5, 5.41) is 0. The first-order valence-electron chi connectivity index (χ1n) is 36.4. The highest BCUT2D eigenvalue weighted by molar-refractivity contribution is 6.00. The third-order valence-corrected chi connectivity index (χ3v) is 16.3. The van der Waals surface area contributed by atoms with E-state index < -0.39 is 17.9 Å². The van der Waals surface area contributed by atoms with Crippen LogP contribution in [0.15, 0.2) is 179 Å². The molecule has 0 heterocycles. The lowest BCUT2D eigenvalue weighted by Gasteiger charge is -2.11. The van der Waals surface area contributed by atoms with Gasteiger partial charge in [-0.2, -0.15) is 0 Å². The number of carbonyl (C=O) groups is 3. The van der Waals surface area contributed by atoms with Crippen LogP contribution in [-0.2, 0) is 14.2 Å². The molecule has 0 saturated carbocycles. The van der Waals surface area contributed by atoms with E-state index in [0.717, 1.165) is 223 Å². The number of esters is 3. The third-order valence-electron chi connectivity index (χ3n) is 16.3. The Bertz CT molecular complexity index is 3070. The van der Waals surface area contributed by atoms with Crippen LogP contribution in [0.4, 0.5) is 17.1 Å². The van der Waals surface area contributed by atoms with Crippen molar-refractivity contribution in [1.82, 2.24) is 0 Å². The van der Waals surface area contributed by atoms with Crippen molar-refractivity contribution >= 4 is 53.6 Å². The second-order valence-corrected chi connectivity index (χ2v) is 24.7. The Kier molecular flexibility index (Phi) is 37.1. The van der Waals surface area contributed by atoms with Crippen LogP contribution >= 0.6 is 0 Å². The highest BCUT2D eigenvalue weighted by Crippen LogP contribution is 2.25. The van der Waals surface area contributed by atoms with Crippen molar-refractivity contribution in [2.45, 2.75) is 175 Å². The molecule has 7 rings (SSSR count). The molecule has 0 N–H and O–H groups in total. The van der Waals surface area contributed by atoms with Gasteiger partial charge in [0.1, 0.15) is 34.5 Å². The molecule has 0 aliphatic heterocycles. The van der Waals surface area contributed by atoms with E-state index in [1.165, 1.54) is 18.2 Å². The van der Waals surface area contributed by atoms with E-state index in [2.05, 4.69) is 35.7 Å². The quantitative estimate of drug-likeness (QED) is 0.0153. The lowest BCUT2D eigenvalue weighted by atomic mass is 10.1. The predicted molar refractivity (Wildman–Crippen MR) is 399 cm³/mol. The van der Waals surface area contributed by atoms with Crippen LogP contribution < -0.4 is 28.4 Å². The maximum absolute atomic E-state index is 13.5. The second kappa shape index (κ2) is 47.7. The summed E-state index contributed by atoms with van der Waals surface area (Å²) in [5.74, 6) is 3.21.